The Bertz CT molecular complexity index is 502. The van der Waals surface area contributed by atoms with Crippen molar-refractivity contribution < 1.29 is 4.92 Å². The molecule has 1 aliphatic heterocycles. The average Bonchev–Trinajstić information content (AvgIpc) is 2.49. The van der Waals surface area contributed by atoms with E-state index in [1.54, 1.807) is 12.1 Å². The van der Waals surface area contributed by atoms with Crippen LogP contribution in [0.1, 0.15) is 25.8 Å². The van der Waals surface area contributed by atoms with Crippen LogP contribution < -0.4 is 0 Å². The molecule has 1 aromatic rings. The third kappa shape index (κ3) is 4.15. The third-order valence-electron chi connectivity index (χ3n) is 4.26. The molecule has 0 saturated carbocycles. The lowest BCUT2D eigenvalue weighted by Crippen LogP contribution is -2.49. The largest absolute Gasteiger partial charge is 0.298 e. The highest BCUT2D eigenvalue weighted by molar-refractivity contribution is 6.31. The second-order valence-electron chi connectivity index (χ2n) is 5.60. The van der Waals surface area contributed by atoms with Crippen LogP contribution >= 0.6 is 11.6 Å². The molecule has 21 heavy (non-hydrogen) atoms. The van der Waals surface area contributed by atoms with Crippen LogP contribution in [0, 0.1) is 10.1 Å². The molecule has 0 aromatic heterocycles. The molecule has 1 saturated heterocycles. The van der Waals surface area contributed by atoms with Crippen molar-refractivity contribution in [2.24, 2.45) is 0 Å². The maximum Gasteiger partial charge on any atom is 0.269 e. The van der Waals surface area contributed by atoms with Gasteiger partial charge in [-0.2, -0.15) is 0 Å². The lowest BCUT2D eigenvalue weighted by molar-refractivity contribution is -0.384. The summed E-state index contributed by atoms with van der Waals surface area (Å²) in [6, 6.07) is 5.27. The fourth-order valence-corrected chi connectivity index (χ4v) is 2.83. The molecule has 0 N–H and O–H groups in total. The summed E-state index contributed by atoms with van der Waals surface area (Å²) in [5.41, 5.74) is 0.940. The first-order valence-electron chi connectivity index (χ1n) is 7.40. The van der Waals surface area contributed by atoms with E-state index in [2.05, 4.69) is 23.6 Å². The Morgan fingerprint density at radius 3 is 2.57 bits per heavy atom. The van der Waals surface area contributed by atoms with E-state index in [1.807, 2.05) is 0 Å². The van der Waals surface area contributed by atoms with Gasteiger partial charge in [0.15, 0.2) is 0 Å². The quantitative estimate of drug-likeness (QED) is 0.619. The Morgan fingerprint density at radius 2 is 2.00 bits per heavy atom. The number of halogens is 1. The molecule has 1 aliphatic rings. The molecule has 0 spiro atoms. The van der Waals surface area contributed by atoms with E-state index in [-0.39, 0.29) is 10.6 Å². The van der Waals surface area contributed by atoms with Gasteiger partial charge < -0.3 is 0 Å². The number of non-ortho nitro benzene ring substituents is 1. The molecule has 0 amide bonds. The van der Waals surface area contributed by atoms with Gasteiger partial charge >= 0.3 is 0 Å². The van der Waals surface area contributed by atoms with Crippen molar-refractivity contribution >= 4 is 17.3 Å². The summed E-state index contributed by atoms with van der Waals surface area (Å²) >= 11 is 6.16. The van der Waals surface area contributed by atoms with E-state index in [0.29, 0.717) is 17.6 Å². The van der Waals surface area contributed by atoms with Gasteiger partial charge in [0.05, 0.1) is 4.92 Å². The second-order valence-corrected chi connectivity index (χ2v) is 6.01. The summed E-state index contributed by atoms with van der Waals surface area (Å²) in [4.78, 5) is 15.3. The van der Waals surface area contributed by atoms with E-state index >= 15 is 0 Å². The molecule has 0 bridgehead atoms. The number of benzene rings is 1. The zero-order valence-corrected chi connectivity index (χ0v) is 13.3. The Labute approximate surface area is 130 Å². The number of rotatable bonds is 5. The van der Waals surface area contributed by atoms with Crippen molar-refractivity contribution in [2.75, 3.05) is 26.2 Å². The average molecular weight is 312 g/mol. The molecule has 2 rings (SSSR count). The maximum atomic E-state index is 10.8. The number of nitrogens with zero attached hydrogens (tertiary/aromatic N) is 3. The van der Waals surface area contributed by atoms with Crippen molar-refractivity contribution in [2.45, 2.75) is 32.9 Å². The highest BCUT2D eigenvalue weighted by Gasteiger charge is 2.21. The first-order valence-corrected chi connectivity index (χ1v) is 7.78. The second kappa shape index (κ2) is 7.20. The van der Waals surface area contributed by atoms with Crippen LogP contribution in [0.5, 0.6) is 0 Å². The van der Waals surface area contributed by atoms with Gasteiger partial charge in [-0.1, -0.05) is 18.5 Å². The van der Waals surface area contributed by atoms with E-state index in [4.69, 9.17) is 11.6 Å². The van der Waals surface area contributed by atoms with E-state index in [9.17, 15) is 10.1 Å². The van der Waals surface area contributed by atoms with Gasteiger partial charge in [0.25, 0.3) is 5.69 Å². The fourth-order valence-electron chi connectivity index (χ4n) is 2.66. The molecule has 1 fully saturated rings. The molecule has 1 heterocycles. The highest BCUT2D eigenvalue weighted by atomic mass is 35.5. The summed E-state index contributed by atoms with van der Waals surface area (Å²) < 4.78 is 0. The molecule has 0 radical (unpaired) electrons. The van der Waals surface area contributed by atoms with Crippen LogP contribution in [0.15, 0.2) is 18.2 Å². The predicted molar refractivity (Wildman–Crippen MR) is 84.7 cm³/mol. The molecular formula is C15H22ClN3O2. The standard InChI is InChI=1S/C15H22ClN3O2/c1-3-12(2)18-8-6-17(7-9-18)11-13-10-14(19(20)21)4-5-15(13)16/h4-5,10,12H,3,6-9,11H2,1-2H3. The van der Waals surface area contributed by atoms with Crippen LogP contribution in [0.4, 0.5) is 5.69 Å². The smallest absolute Gasteiger partial charge is 0.269 e. The van der Waals surface area contributed by atoms with Gasteiger partial charge in [-0.3, -0.25) is 19.9 Å². The van der Waals surface area contributed by atoms with Crippen LogP contribution in [0.2, 0.25) is 5.02 Å². The van der Waals surface area contributed by atoms with Crippen LogP contribution in [0.25, 0.3) is 0 Å². The highest BCUT2D eigenvalue weighted by Crippen LogP contribution is 2.24. The topological polar surface area (TPSA) is 49.6 Å². The molecular weight excluding hydrogens is 290 g/mol. The zero-order valence-electron chi connectivity index (χ0n) is 12.6. The van der Waals surface area contributed by atoms with Gasteiger partial charge in [0.2, 0.25) is 0 Å². The summed E-state index contributed by atoms with van der Waals surface area (Å²) in [7, 11) is 0. The lowest BCUT2D eigenvalue weighted by atomic mass is 10.1. The Balaban J connectivity index is 1.97. The number of nitro benzene ring substituents is 1. The summed E-state index contributed by atoms with van der Waals surface area (Å²) in [5, 5.41) is 11.5. The number of hydrogen-bond donors (Lipinski definition) is 0. The van der Waals surface area contributed by atoms with Gasteiger partial charge in [-0.05, 0) is 25.0 Å². The summed E-state index contributed by atoms with van der Waals surface area (Å²) in [6.07, 6.45) is 1.16. The zero-order chi connectivity index (χ0) is 15.4. The number of nitro groups is 1. The van der Waals surface area contributed by atoms with Crippen LogP contribution in [0.3, 0.4) is 0 Å². The minimum absolute atomic E-state index is 0.104. The Kier molecular flexibility index (Phi) is 5.56. The Hall–Kier alpha value is -1.17. The van der Waals surface area contributed by atoms with Crippen molar-refractivity contribution in [1.82, 2.24) is 9.80 Å². The normalized spacial score (nSPS) is 18.6. The molecule has 6 heteroatoms. The molecule has 116 valence electrons. The maximum absolute atomic E-state index is 10.8. The number of piperazine rings is 1. The first-order chi connectivity index (χ1) is 10.0. The molecule has 5 nitrogen and oxygen atoms in total. The third-order valence-corrected chi connectivity index (χ3v) is 4.62. The minimum Gasteiger partial charge on any atom is -0.298 e. The minimum atomic E-state index is -0.374. The van der Waals surface area contributed by atoms with Gasteiger partial charge in [0, 0.05) is 55.9 Å². The summed E-state index contributed by atoms with van der Waals surface area (Å²) in [5.74, 6) is 0. The molecule has 0 aliphatic carbocycles. The SMILES string of the molecule is CCC(C)N1CCN(Cc2cc([N+](=O)[O-])ccc2Cl)CC1. The van der Waals surface area contributed by atoms with Gasteiger partial charge in [0.1, 0.15) is 0 Å². The molecule has 1 atom stereocenters. The molecule has 1 unspecified atom stereocenters. The fraction of sp³-hybridized carbons (Fsp3) is 0.600. The van der Waals surface area contributed by atoms with Gasteiger partial charge in [-0.15, -0.1) is 0 Å². The Morgan fingerprint density at radius 1 is 1.33 bits per heavy atom. The van der Waals surface area contributed by atoms with Gasteiger partial charge in [-0.25, -0.2) is 0 Å². The molecule has 1 aromatic carbocycles. The first kappa shape index (κ1) is 16.2. The van der Waals surface area contributed by atoms with Crippen molar-refractivity contribution in [1.29, 1.82) is 0 Å². The van der Waals surface area contributed by atoms with Crippen molar-refractivity contribution in [3.05, 3.63) is 38.9 Å². The van der Waals surface area contributed by atoms with Crippen molar-refractivity contribution in [3.63, 3.8) is 0 Å². The van der Waals surface area contributed by atoms with Crippen molar-refractivity contribution in [3.8, 4) is 0 Å². The van der Waals surface area contributed by atoms with E-state index < -0.39 is 0 Å². The lowest BCUT2D eigenvalue weighted by Gasteiger charge is -2.37. The summed E-state index contributed by atoms with van der Waals surface area (Å²) in [6.45, 7) is 9.18. The van der Waals surface area contributed by atoms with Crippen LogP contribution in [-0.4, -0.2) is 46.9 Å². The van der Waals surface area contributed by atoms with E-state index in [0.717, 1.165) is 38.2 Å². The van der Waals surface area contributed by atoms with Crippen LogP contribution in [-0.2, 0) is 6.54 Å². The number of hydrogen-bond acceptors (Lipinski definition) is 4. The monoisotopic (exact) mass is 311 g/mol. The predicted octanol–water partition coefficient (Wildman–Crippen LogP) is 3.16. The van der Waals surface area contributed by atoms with E-state index in [1.165, 1.54) is 6.07 Å².